The van der Waals surface area contributed by atoms with Gasteiger partial charge in [-0.2, -0.15) is 0 Å². The number of halogens is 1. The smallest absolute Gasteiger partial charge is 0.123 e. The van der Waals surface area contributed by atoms with E-state index in [1.54, 1.807) is 6.20 Å². The average Bonchev–Trinajstić information content (AvgIpc) is 2.68. The summed E-state index contributed by atoms with van der Waals surface area (Å²) in [4.78, 5) is 4.07. The van der Waals surface area contributed by atoms with Gasteiger partial charge >= 0.3 is 0 Å². The number of hydrogen-bond donors (Lipinski definition) is 1. The van der Waals surface area contributed by atoms with Crippen molar-refractivity contribution < 1.29 is 5.11 Å². The molecule has 84 valence electrons. The molecule has 0 amide bonds. The Balaban J connectivity index is 2.07. The number of aliphatic hydroxyl groups excluding tert-OH is 1. The van der Waals surface area contributed by atoms with E-state index in [0.717, 1.165) is 5.56 Å². The normalized spacial score (nSPS) is 12.7. The van der Waals surface area contributed by atoms with Gasteiger partial charge in [0.15, 0.2) is 0 Å². The fourth-order valence-electron chi connectivity index (χ4n) is 1.46. The summed E-state index contributed by atoms with van der Waals surface area (Å²) in [5, 5.41) is 10.6. The molecular weight excluding hydrogens is 242 g/mol. The highest BCUT2D eigenvalue weighted by molar-refractivity contribution is 7.15. The van der Waals surface area contributed by atoms with Crippen molar-refractivity contribution in [3.8, 4) is 0 Å². The van der Waals surface area contributed by atoms with Crippen LogP contribution in [0, 0.1) is 6.92 Å². The Hall–Kier alpha value is -0.900. The summed E-state index contributed by atoms with van der Waals surface area (Å²) >= 11 is 7.10. The molecule has 1 aromatic heterocycles. The molecule has 0 fully saturated rings. The van der Waals surface area contributed by atoms with Crippen LogP contribution in [0.1, 0.15) is 22.2 Å². The molecule has 1 atom stereocenters. The third-order valence-electron chi connectivity index (χ3n) is 2.33. The SMILES string of the molecule is Cc1ccc(CC(O)c2ncc(Cl)s2)cc1. The standard InChI is InChI=1S/C12H12ClNOS/c1-8-2-4-9(5-3-8)6-10(15)12-14-7-11(13)16-12/h2-5,7,10,15H,6H2,1H3. The Morgan fingerprint density at radius 2 is 2.06 bits per heavy atom. The molecule has 2 aromatic rings. The minimum absolute atomic E-state index is 0.569. The van der Waals surface area contributed by atoms with E-state index in [4.69, 9.17) is 11.6 Å². The maximum absolute atomic E-state index is 9.95. The molecule has 0 bridgehead atoms. The fraction of sp³-hybridized carbons (Fsp3) is 0.250. The molecule has 0 spiro atoms. The second-order valence-corrected chi connectivity index (χ2v) is 5.40. The van der Waals surface area contributed by atoms with Gasteiger partial charge in [-0.15, -0.1) is 11.3 Å². The second kappa shape index (κ2) is 4.95. The van der Waals surface area contributed by atoms with Crippen LogP contribution < -0.4 is 0 Å². The quantitative estimate of drug-likeness (QED) is 0.910. The van der Waals surface area contributed by atoms with Gasteiger partial charge in [0, 0.05) is 6.42 Å². The Morgan fingerprint density at radius 1 is 1.38 bits per heavy atom. The lowest BCUT2D eigenvalue weighted by Gasteiger charge is -2.07. The molecular formula is C12H12ClNOS. The first-order valence-corrected chi connectivity index (χ1v) is 6.19. The van der Waals surface area contributed by atoms with E-state index >= 15 is 0 Å². The molecule has 0 aliphatic heterocycles. The largest absolute Gasteiger partial charge is 0.386 e. The van der Waals surface area contributed by atoms with Crippen LogP contribution in [0.25, 0.3) is 0 Å². The molecule has 1 N–H and O–H groups in total. The number of hydrogen-bond acceptors (Lipinski definition) is 3. The van der Waals surface area contributed by atoms with Gasteiger partial charge in [0.2, 0.25) is 0 Å². The first-order valence-electron chi connectivity index (χ1n) is 5.00. The topological polar surface area (TPSA) is 33.1 Å². The molecule has 0 saturated carbocycles. The van der Waals surface area contributed by atoms with Crippen LogP contribution in [0.3, 0.4) is 0 Å². The van der Waals surface area contributed by atoms with Gasteiger partial charge in [-0.3, -0.25) is 0 Å². The maximum Gasteiger partial charge on any atom is 0.123 e. The van der Waals surface area contributed by atoms with Crippen LogP contribution in [0.4, 0.5) is 0 Å². The third kappa shape index (κ3) is 2.82. The van der Waals surface area contributed by atoms with Crippen molar-refractivity contribution in [3.05, 3.63) is 50.9 Å². The van der Waals surface area contributed by atoms with Crippen LogP contribution in [0.5, 0.6) is 0 Å². The molecule has 1 heterocycles. The van der Waals surface area contributed by atoms with Crippen molar-refractivity contribution in [3.63, 3.8) is 0 Å². The number of aryl methyl sites for hydroxylation is 1. The van der Waals surface area contributed by atoms with Crippen molar-refractivity contribution in [2.45, 2.75) is 19.4 Å². The molecule has 2 nitrogen and oxygen atoms in total. The van der Waals surface area contributed by atoms with E-state index in [1.807, 2.05) is 31.2 Å². The highest BCUT2D eigenvalue weighted by Gasteiger charge is 2.12. The number of rotatable bonds is 3. The van der Waals surface area contributed by atoms with Gasteiger partial charge in [0.1, 0.15) is 15.4 Å². The van der Waals surface area contributed by atoms with E-state index < -0.39 is 6.10 Å². The van der Waals surface area contributed by atoms with E-state index in [-0.39, 0.29) is 0 Å². The highest BCUT2D eigenvalue weighted by atomic mass is 35.5. The van der Waals surface area contributed by atoms with Crippen molar-refractivity contribution in [2.24, 2.45) is 0 Å². The zero-order valence-corrected chi connectivity index (χ0v) is 10.4. The van der Waals surface area contributed by atoms with Crippen LogP contribution in [0.15, 0.2) is 30.5 Å². The molecule has 0 aliphatic carbocycles. The predicted octanol–water partition coefficient (Wildman–Crippen LogP) is 3.38. The summed E-state index contributed by atoms with van der Waals surface area (Å²) < 4.78 is 0.609. The Labute approximate surface area is 104 Å². The Morgan fingerprint density at radius 3 is 2.62 bits per heavy atom. The van der Waals surface area contributed by atoms with E-state index in [2.05, 4.69) is 4.98 Å². The number of nitrogens with zero attached hydrogens (tertiary/aromatic N) is 1. The summed E-state index contributed by atoms with van der Waals surface area (Å²) in [6.45, 7) is 2.04. The number of benzene rings is 1. The summed E-state index contributed by atoms with van der Waals surface area (Å²) in [7, 11) is 0. The summed E-state index contributed by atoms with van der Waals surface area (Å²) in [6.07, 6.45) is 1.57. The van der Waals surface area contributed by atoms with Gasteiger partial charge in [-0.05, 0) is 12.5 Å². The lowest BCUT2D eigenvalue weighted by molar-refractivity contribution is 0.178. The van der Waals surface area contributed by atoms with Crippen molar-refractivity contribution in [1.82, 2.24) is 4.98 Å². The van der Waals surface area contributed by atoms with Crippen molar-refractivity contribution in [2.75, 3.05) is 0 Å². The number of aliphatic hydroxyl groups is 1. The molecule has 1 aromatic carbocycles. The second-order valence-electron chi connectivity index (χ2n) is 3.71. The van der Waals surface area contributed by atoms with Crippen LogP contribution in [-0.2, 0) is 6.42 Å². The lowest BCUT2D eigenvalue weighted by Crippen LogP contribution is -2.00. The van der Waals surface area contributed by atoms with E-state index in [9.17, 15) is 5.11 Å². The zero-order valence-electron chi connectivity index (χ0n) is 8.85. The zero-order chi connectivity index (χ0) is 11.5. The van der Waals surface area contributed by atoms with E-state index in [0.29, 0.717) is 15.8 Å². The Bertz CT molecular complexity index is 466. The monoisotopic (exact) mass is 253 g/mol. The Kier molecular flexibility index (Phi) is 3.59. The highest BCUT2D eigenvalue weighted by Crippen LogP contribution is 2.26. The van der Waals surface area contributed by atoms with Crippen molar-refractivity contribution in [1.29, 1.82) is 0 Å². The van der Waals surface area contributed by atoms with Gasteiger partial charge in [0.05, 0.1) is 6.20 Å². The summed E-state index contributed by atoms with van der Waals surface area (Å²) in [5.74, 6) is 0. The van der Waals surface area contributed by atoms with Crippen molar-refractivity contribution >= 4 is 22.9 Å². The predicted molar refractivity (Wildman–Crippen MR) is 67.0 cm³/mol. The molecule has 0 radical (unpaired) electrons. The van der Waals surface area contributed by atoms with E-state index in [1.165, 1.54) is 16.9 Å². The lowest BCUT2D eigenvalue weighted by atomic mass is 10.1. The molecule has 16 heavy (non-hydrogen) atoms. The molecule has 4 heteroatoms. The van der Waals surface area contributed by atoms with Crippen LogP contribution in [-0.4, -0.2) is 10.1 Å². The van der Waals surface area contributed by atoms with Gasteiger partial charge in [-0.1, -0.05) is 41.4 Å². The first-order chi connectivity index (χ1) is 7.65. The summed E-state index contributed by atoms with van der Waals surface area (Å²) in [6, 6.07) is 8.12. The molecule has 1 unspecified atom stereocenters. The molecule has 0 saturated heterocycles. The fourth-order valence-corrected chi connectivity index (χ4v) is 2.37. The number of aromatic nitrogens is 1. The van der Waals surface area contributed by atoms with Gasteiger partial charge in [0.25, 0.3) is 0 Å². The molecule has 0 aliphatic rings. The van der Waals surface area contributed by atoms with Crippen LogP contribution >= 0.6 is 22.9 Å². The minimum atomic E-state index is -0.569. The van der Waals surface area contributed by atoms with Gasteiger partial charge in [-0.25, -0.2) is 4.98 Å². The number of thiazole rings is 1. The van der Waals surface area contributed by atoms with Gasteiger partial charge < -0.3 is 5.11 Å². The summed E-state index contributed by atoms with van der Waals surface area (Å²) in [5.41, 5.74) is 2.32. The maximum atomic E-state index is 9.95. The minimum Gasteiger partial charge on any atom is -0.386 e. The first kappa shape index (κ1) is 11.6. The third-order valence-corrected chi connectivity index (χ3v) is 3.55. The average molecular weight is 254 g/mol. The van der Waals surface area contributed by atoms with Crippen LogP contribution in [0.2, 0.25) is 4.34 Å². The molecule has 2 rings (SSSR count).